The van der Waals surface area contributed by atoms with E-state index >= 15 is 0 Å². The number of H-pyrrole nitrogens is 2. The molecule has 3 N–H and O–H groups in total. The molecule has 0 bridgehead atoms. The first-order valence-electron chi connectivity index (χ1n) is 7.26. The van der Waals surface area contributed by atoms with Crippen molar-refractivity contribution in [3.8, 4) is 11.4 Å². The van der Waals surface area contributed by atoms with E-state index in [1.165, 1.54) is 0 Å². The summed E-state index contributed by atoms with van der Waals surface area (Å²) in [6.07, 6.45) is 1.65. The number of anilines is 1. The van der Waals surface area contributed by atoms with Gasteiger partial charge in [0.15, 0.2) is 5.65 Å². The lowest BCUT2D eigenvalue weighted by atomic mass is 10.2. The Kier molecular flexibility index (Phi) is 3.51. The molecule has 0 radical (unpaired) electrons. The first-order chi connectivity index (χ1) is 11.7. The van der Waals surface area contributed by atoms with Gasteiger partial charge >= 0.3 is 0 Å². The van der Waals surface area contributed by atoms with Crippen molar-refractivity contribution >= 4 is 34.2 Å². The molecule has 0 unspecified atom stereocenters. The summed E-state index contributed by atoms with van der Waals surface area (Å²) in [6.45, 7) is 0. The Morgan fingerprint density at radius 3 is 2.79 bits per heavy atom. The predicted molar refractivity (Wildman–Crippen MR) is 93.1 cm³/mol. The summed E-state index contributed by atoms with van der Waals surface area (Å²) in [5, 5.41) is 11.2. The molecule has 6 nitrogen and oxygen atoms in total. The van der Waals surface area contributed by atoms with Gasteiger partial charge in [-0.05, 0) is 30.3 Å². The van der Waals surface area contributed by atoms with Gasteiger partial charge in [-0.2, -0.15) is 5.10 Å². The molecule has 118 valence electrons. The first-order valence-corrected chi connectivity index (χ1v) is 7.64. The van der Waals surface area contributed by atoms with Crippen LogP contribution in [-0.4, -0.2) is 26.1 Å². The fraction of sp³-hybridized carbons (Fsp3) is 0. The molecule has 7 heteroatoms. The van der Waals surface area contributed by atoms with E-state index in [1.54, 1.807) is 18.3 Å². The van der Waals surface area contributed by atoms with E-state index in [1.807, 2.05) is 36.4 Å². The van der Waals surface area contributed by atoms with Gasteiger partial charge in [-0.15, -0.1) is 0 Å². The largest absolute Gasteiger partial charge is 0.359 e. The zero-order chi connectivity index (χ0) is 16.5. The van der Waals surface area contributed by atoms with Gasteiger partial charge in [-0.1, -0.05) is 29.8 Å². The summed E-state index contributed by atoms with van der Waals surface area (Å²) in [6, 6.07) is 14.6. The Hall–Kier alpha value is -3.12. The molecule has 4 aromatic rings. The zero-order valence-corrected chi connectivity index (χ0v) is 13.1. The van der Waals surface area contributed by atoms with Gasteiger partial charge in [0, 0.05) is 17.3 Å². The molecular formula is C17H12ClN5O. The number of aromatic amines is 2. The van der Waals surface area contributed by atoms with Gasteiger partial charge in [0.2, 0.25) is 0 Å². The third-order valence-corrected chi connectivity index (χ3v) is 3.83. The van der Waals surface area contributed by atoms with Gasteiger partial charge in [-0.3, -0.25) is 9.89 Å². The molecule has 24 heavy (non-hydrogen) atoms. The Bertz CT molecular complexity index is 1020. The van der Waals surface area contributed by atoms with Crippen LogP contribution in [0, 0.1) is 0 Å². The number of aromatic nitrogens is 4. The molecule has 4 rings (SSSR count). The third kappa shape index (κ3) is 2.63. The number of carbonyl (C=O) groups is 1. The molecular weight excluding hydrogens is 326 g/mol. The highest BCUT2D eigenvalue weighted by molar-refractivity contribution is 6.29. The summed E-state index contributed by atoms with van der Waals surface area (Å²) in [4.78, 5) is 19.6. The fourth-order valence-corrected chi connectivity index (χ4v) is 2.62. The number of benzene rings is 1. The highest BCUT2D eigenvalue weighted by Crippen LogP contribution is 2.26. The van der Waals surface area contributed by atoms with E-state index in [9.17, 15) is 4.79 Å². The van der Waals surface area contributed by atoms with Gasteiger partial charge in [0.25, 0.3) is 5.91 Å². The van der Waals surface area contributed by atoms with Crippen molar-refractivity contribution in [1.29, 1.82) is 0 Å². The van der Waals surface area contributed by atoms with Crippen molar-refractivity contribution in [3.63, 3.8) is 0 Å². The highest BCUT2D eigenvalue weighted by Gasteiger charge is 2.14. The summed E-state index contributed by atoms with van der Waals surface area (Å²) in [5.41, 5.74) is 3.28. The third-order valence-electron chi connectivity index (χ3n) is 3.62. The number of pyridine rings is 1. The van der Waals surface area contributed by atoms with Crippen molar-refractivity contribution in [2.24, 2.45) is 0 Å². The van der Waals surface area contributed by atoms with Gasteiger partial charge < -0.3 is 10.3 Å². The van der Waals surface area contributed by atoms with Crippen LogP contribution < -0.4 is 5.32 Å². The van der Waals surface area contributed by atoms with Crippen LogP contribution in [0.3, 0.4) is 0 Å². The Balaban J connectivity index is 1.63. The number of rotatable bonds is 3. The van der Waals surface area contributed by atoms with Crippen molar-refractivity contribution in [2.75, 3.05) is 5.32 Å². The van der Waals surface area contributed by atoms with Gasteiger partial charge in [-0.25, -0.2) is 4.98 Å². The van der Waals surface area contributed by atoms with E-state index < -0.39 is 0 Å². The quantitative estimate of drug-likeness (QED) is 0.496. The Morgan fingerprint density at radius 2 is 1.96 bits per heavy atom. The van der Waals surface area contributed by atoms with Crippen LogP contribution in [0.1, 0.15) is 10.4 Å². The van der Waals surface area contributed by atoms with Crippen molar-refractivity contribution < 1.29 is 4.79 Å². The second-order valence-electron chi connectivity index (χ2n) is 5.22. The highest BCUT2D eigenvalue weighted by atomic mass is 35.5. The van der Waals surface area contributed by atoms with Crippen LogP contribution in [-0.2, 0) is 0 Å². The number of amides is 1. The van der Waals surface area contributed by atoms with Crippen LogP contribution in [0.15, 0.2) is 54.7 Å². The lowest BCUT2D eigenvalue weighted by Gasteiger charge is -2.02. The number of hydrogen-bond acceptors (Lipinski definition) is 3. The van der Waals surface area contributed by atoms with E-state index in [2.05, 4.69) is 25.5 Å². The second-order valence-corrected chi connectivity index (χ2v) is 5.61. The van der Waals surface area contributed by atoms with Crippen LogP contribution in [0.2, 0.25) is 5.15 Å². The Labute approximate surface area is 141 Å². The fourth-order valence-electron chi connectivity index (χ4n) is 2.47. The normalized spacial score (nSPS) is 10.9. The molecule has 0 spiro atoms. The average molecular weight is 338 g/mol. The molecule has 1 aromatic carbocycles. The molecule has 3 aromatic heterocycles. The number of hydrogen-bond donors (Lipinski definition) is 3. The smallest absolute Gasteiger partial charge is 0.257 e. The number of fused-ring (bicyclic) bond motifs is 1. The standard InChI is InChI=1S/C17H12ClN5O/c18-14-7-6-12-15(22-23-16(12)21-14)13-8-10(9-19-13)17(24)20-11-4-2-1-3-5-11/h1-9,19H,(H,20,24)(H,21,22,23). The van der Waals surface area contributed by atoms with E-state index in [0.29, 0.717) is 22.1 Å². The molecule has 1 amide bonds. The topological polar surface area (TPSA) is 86.5 Å². The van der Waals surface area contributed by atoms with Crippen molar-refractivity contribution in [1.82, 2.24) is 20.2 Å². The first kappa shape index (κ1) is 14.5. The molecule has 0 aliphatic rings. The summed E-state index contributed by atoms with van der Waals surface area (Å²) >= 11 is 5.88. The maximum atomic E-state index is 12.3. The van der Waals surface area contributed by atoms with Crippen molar-refractivity contribution in [3.05, 3.63) is 65.4 Å². The maximum absolute atomic E-state index is 12.3. The van der Waals surface area contributed by atoms with Crippen molar-refractivity contribution in [2.45, 2.75) is 0 Å². The van der Waals surface area contributed by atoms with Crippen LogP contribution >= 0.6 is 11.6 Å². The summed E-state index contributed by atoms with van der Waals surface area (Å²) < 4.78 is 0. The monoisotopic (exact) mass is 337 g/mol. The number of carbonyl (C=O) groups excluding carboxylic acids is 1. The van der Waals surface area contributed by atoms with Crippen LogP contribution in [0.5, 0.6) is 0 Å². The minimum absolute atomic E-state index is 0.190. The second kappa shape index (κ2) is 5.82. The minimum atomic E-state index is -0.190. The molecule has 0 aliphatic carbocycles. The number of halogens is 1. The van der Waals surface area contributed by atoms with E-state index in [4.69, 9.17) is 11.6 Å². The number of nitrogens with zero attached hydrogens (tertiary/aromatic N) is 2. The van der Waals surface area contributed by atoms with Crippen LogP contribution in [0.4, 0.5) is 5.69 Å². The SMILES string of the molecule is O=C(Nc1ccccc1)c1c[nH]c(-c2n[nH]c3nc(Cl)ccc23)c1. The van der Waals surface area contributed by atoms with E-state index in [0.717, 1.165) is 16.8 Å². The van der Waals surface area contributed by atoms with Gasteiger partial charge in [0.1, 0.15) is 10.8 Å². The zero-order valence-electron chi connectivity index (χ0n) is 12.4. The number of para-hydroxylation sites is 1. The molecule has 0 fully saturated rings. The van der Waals surface area contributed by atoms with Gasteiger partial charge in [0.05, 0.1) is 11.3 Å². The lowest BCUT2D eigenvalue weighted by molar-refractivity contribution is 0.102. The molecule has 0 saturated carbocycles. The number of nitrogens with one attached hydrogen (secondary N) is 3. The van der Waals surface area contributed by atoms with E-state index in [-0.39, 0.29) is 5.91 Å². The lowest BCUT2D eigenvalue weighted by Crippen LogP contribution is -2.10. The maximum Gasteiger partial charge on any atom is 0.257 e. The predicted octanol–water partition coefficient (Wildman–Crippen LogP) is 3.86. The molecule has 0 atom stereocenters. The molecule has 0 saturated heterocycles. The molecule has 3 heterocycles. The summed E-state index contributed by atoms with van der Waals surface area (Å²) in [7, 11) is 0. The minimum Gasteiger partial charge on any atom is -0.359 e. The Morgan fingerprint density at radius 1 is 1.12 bits per heavy atom. The average Bonchev–Trinajstić information content (AvgIpc) is 3.21. The van der Waals surface area contributed by atoms with Crippen LogP contribution in [0.25, 0.3) is 22.4 Å². The molecule has 0 aliphatic heterocycles. The summed E-state index contributed by atoms with van der Waals surface area (Å²) in [5.74, 6) is -0.190.